The topological polar surface area (TPSA) is 25.8 Å². The molecule has 2 aromatic heterocycles. The van der Waals surface area contributed by atoms with Gasteiger partial charge in [-0.05, 0) is 69.3 Å². The number of aromatic nitrogens is 2. The molecule has 2 heterocycles. The first-order valence-corrected chi connectivity index (χ1v) is 10.7. The predicted molar refractivity (Wildman–Crippen MR) is 128 cm³/mol. The second-order valence-electron chi connectivity index (χ2n) is 8.77. The van der Waals surface area contributed by atoms with E-state index in [4.69, 9.17) is 0 Å². The molecule has 0 bridgehead atoms. The van der Waals surface area contributed by atoms with E-state index in [0.29, 0.717) is 0 Å². The van der Waals surface area contributed by atoms with Gasteiger partial charge in [0.25, 0.3) is 0 Å². The summed E-state index contributed by atoms with van der Waals surface area (Å²) in [6.45, 7) is 4.67. The quantitative estimate of drug-likeness (QED) is 0.312. The smallest absolute Gasteiger partial charge is 0.0705 e. The van der Waals surface area contributed by atoms with Crippen molar-refractivity contribution in [3.05, 3.63) is 109 Å². The van der Waals surface area contributed by atoms with E-state index < -0.39 is 0 Å². The lowest BCUT2D eigenvalue weighted by Gasteiger charge is -2.23. The maximum atomic E-state index is 4.59. The van der Waals surface area contributed by atoms with Crippen LogP contribution in [-0.2, 0) is 5.41 Å². The zero-order valence-corrected chi connectivity index (χ0v) is 17.6. The summed E-state index contributed by atoms with van der Waals surface area (Å²) in [6.07, 6.45) is 5.60. The molecule has 0 spiro atoms. The van der Waals surface area contributed by atoms with Crippen molar-refractivity contribution >= 4 is 10.9 Å². The minimum absolute atomic E-state index is 0.0792. The van der Waals surface area contributed by atoms with Gasteiger partial charge in [-0.25, -0.2) is 0 Å². The fraction of sp³-hybridized carbons (Fsp3) is 0.103. The molecule has 5 aromatic rings. The van der Waals surface area contributed by atoms with Crippen LogP contribution in [0.2, 0.25) is 0 Å². The highest BCUT2D eigenvalue weighted by atomic mass is 14.6. The summed E-state index contributed by atoms with van der Waals surface area (Å²) in [5, 5.41) is 1.25. The van der Waals surface area contributed by atoms with E-state index in [9.17, 15) is 0 Å². The van der Waals surface area contributed by atoms with Crippen molar-refractivity contribution in [3.63, 3.8) is 0 Å². The Morgan fingerprint density at radius 3 is 2.23 bits per heavy atom. The number of fused-ring (bicyclic) bond motifs is 5. The van der Waals surface area contributed by atoms with E-state index in [0.717, 1.165) is 11.1 Å². The van der Waals surface area contributed by atoms with Crippen molar-refractivity contribution in [1.29, 1.82) is 0 Å². The number of pyridine rings is 2. The van der Waals surface area contributed by atoms with Gasteiger partial charge in [-0.15, -0.1) is 0 Å². The minimum Gasteiger partial charge on any atom is -0.264 e. The van der Waals surface area contributed by atoms with E-state index >= 15 is 0 Å². The third kappa shape index (κ3) is 2.72. The molecule has 0 radical (unpaired) electrons. The molecule has 0 amide bonds. The highest BCUT2D eigenvalue weighted by Gasteiger charge is 2.37. The van der Waals surface area contributed by atoms with Gasteiger partial charge in [0.15, 0.2) is 0 Å². The van der Waals surface area contributed by atoms with Gasteiger partial charge in [0, 0.05) is 35.0 Å². The lowest BCUT2D eigenvalue weighted by atomic mass is 9.80. The zero-order valence-electron chi connectivity index (χ0n) is 17.6. The van der Waals surface area contributed by atoms with Gasteiger partial charge >= 0.3 is 0 Å². The Kier molecular flexibility index (Phi) is 3.85. The molecule has 3 aromatic carbocycles. The summed E-state index contributed by atoms with van der Waals surface area (Å²) in [7, 11) is 0. The number of benzene rings is 3. The molecule has 0 atom stereocenters. The van der Waals surface area contributed by atoms with Gasteiger partial charge in [0.2, 0.25) is 0 Å². The third-order valence-electron chi connectivity index (χ3n) is 6.58. The van der Waals surface area contributed by atoms with Crippen LogP contribution in [0.1, 0.15) is 25.0 Å². The molecule has 2 heteroatoms. The molecule has 31 heavy (non-hydrogen) atoms. The fourth-order valence-electron chi connectivity index (χ4n) is 5.07. The summed E-state index contributed by atoms with van der Waals surface area (Å²) in [6, 6.07) is 28.3. The van der Waals surface area contributed by atoms with Gasteiger partial charge < -0.3 is 0 Å². The van der Waals surface area contributed by atoms with Gasteiger partial charge in [0.05, 0.1) is 5.52 Å². The van der Waals surface area contributed by atoms with Crippen LogP contribution in [0, 0.1) is 0 Å². The van der Waals surface area contributed by atoms with Gasteiger partial charge in [-0.2, -0.15) is 0 Å². The molecular formula is C29H22N2. The summed E-state index contributed by atoms with van der Waals surface area (Å²) < 4.78 is 0. The molecule has 0 aliphatic heterocycles. The Morgan fingerprint density at radius 1 is 0.645 bits per heavy atom. The monoisotopic (exact) mass is 398 g/mol. The van der Waals surface area contributed by atoms with Crippen LogP contribution in [0.15, 0.2) is 97.5 Å². The first kappa shape index (κ1) is 18.0. The van der Waals surface area contributed by atoms with Crippen LogP contribution >= 0.6 is 0 Å². The van der Waals surface area contributed by atoms with Crippen molar-refractivity contribution in [3.8, 4) is 33.4 Å². The molecule has 0 saturated carbocycles. The van der Waals surface area contributed by atoms with Crippen molar-refractivity contribution in [1.82, 2.24) is 9.97 Å². The Balaban J connectivity index is 1.50. The Bertz CT molecular complexity index is 1450. The molecule has 6 rings (SSSR count). The fourth-order valence-corrected chi connectivity index (χ4v) is 5.07. The van der Waals surface area contributed by atoms with E-state index in [2.05, 4.69) is 90.5 Å². The average molecular weight is 399 g/mol. The van der Waals surface area contributed by atoms with E-state index in [1.807, 2.05) is 30.7 Å². The number of hydrogen-bond donors (Lipinski definition) is 0. The number of rotatable bonds is 2. The van der Waals surface area contributed by atoms with Crippen molar-refractivity contribution < 1.29 is 0 Å². The Labute approximate surface area is 182 Å². The normalized spacial score (nSPS) is 13.7. The van der Waals surface area contributed by atoms with Crippen LogP contribution in [-0.4, -0.2) is 9.97 Å². The van der Waals surface area contributed by atoms with Crippen LogP contribution < -0.4 is 0 Å². The molecule has 0 N–H and O–H groups in total. The predicted octanol–water partition coefficient (Wildman–Crippen LogP) is 7.27. The lowest BCUT2D eigenvalue weighted by Crippen LogP contribution is -2.15. The van der Waals surface area contributed by atoms with Crippen LogP contribution in [0.25, 0.3) is 44.3 Å². The molecule has 0 saturated heterocycles. The van der Waals surface area contributed by atoms with Gasteiger partial charge in [-0.1, -0.05) is 62.4 Å². The van der Waals surface area contributed by atoms with Gasteiger partial charge in [-0.3, -0.25) is 9.97 Å². The Hall–Kier alpha value is -3.78. The molecule has 0 unspecified atom stereocenters. The molecule has 2 nitrogen and oxygen atoms in total. The second kappa shape index (κ2) is 6.61. The largest absolute Gasteiger partial charge is 0.264 e. The van der Waals surface area contributed by atoms with E-state index in [-0.39, 0.29) is 5.41 Å². The van der Waals surface area contributed by atoms with Crippen molar-refractivity contribution in [2.45, 2.75) is 19.3 Å². The average Bonchev–Trinajstić information content (AvgIpc) is 3.06. The standard InChI is InChI=1S/C29H22N2/c1-29(2)26-17-21(19-6-3-7-20(16-19)22-8-4-14-30-18-22)10-11-23(26)24-12-13-27-25(28(24)29)9-5-15-31-27/h3-18H,1-2H3. The maximum absolute atomic E-state index is 4.59. The highest BCUT2D eigenvalue weighted by molar-refractivity contribution is 5.96. The number of hydrogen-bond acceptors (Lipinski definition) is 2. The van der Waals surface area contributed by atoms with E-state index in [1.165, 1.54) is 44.3 Å². The van der Waals surface area contributed by atoms with Crippen LogP contribution in [0.4, 0.5) is 0 Å². The second-order valence-corrected chi connectivity index (χ2v) is 8.77. The lowest BCUT2D eigenvalue weighted by molar-refractivity contribution is 0.666. The molecular weight excluding hydrogens is 376 g/mol. The maximum Gasteiger partial charge on any atom is 0.0705 e. The van der Waals surface area contributed by atoms with Crippen LogP contribution in [0.5, 0.6) is 0 Å². The first-order chi connectivity index (χ1) is 15.1. The zero-order chi connectivity index (χ0) is 21.0. The first-order valence-electron chi connectivity index (χ1n) is 10.7. The third-order valence-corrected chi connectivity index (χ3v) is 6.58. The highest BCUT2D eigenvalue weighted by Crippen LogP contribution is 2.51. The molecule has 1 aliphatic rings. The number of nitrogens with zero attached hydrogens (tertiary/aromatic N) is 2. The summed E-state index contributed by atoms with van der Waals surface area (Å²) in [5.74, 6) is 0. The molecule has 148 valence electrons. The minimum atomic E-state index is -0.0792. The Morgan fingerprint density at radius 2 is 1.39 bits per heavy atom. The van der Waals surface area contributed by atoms with Crippen LogP contribution in [0.3, 0.4) is 0 Å². The molecule has 0 fully saturated rings. The van der Waals surface area contributed by atoms with E-state index in [1.54, 1.807) is 0 Å². The summed E-state index contributed by atoms with van der Waals surface area (Å²) in [5.41, 5.74) is 11.2. The van der Waals surface area contributed by atoms with Gasteiger partial charge in [0.1, 0.15) is 0 Å². The summed E-state index contributed by atoms with van der Waals surface area (Å²) in [4.78, 5) is 8.86. The molecule has 1 aliphatic carbocycles. The van der Waals surface area contributed by atoms with Crippen molar-refractivity contribution in [2.75, 3.05) is 0 Å². The summed E-state index contributed by atoms with van der Waals surface area (Å²) >= 11 is 0. The SMILES string of the molecule is CC1(C)c2cc(-c3cccc(-c4cccnc4)c3)ccc2-c2ccc3ncccc3c21. The van der Waals surface area contributed by atoms with Crippen molar-refractivity contribution in [2.24, 2.45) is 0 Å².